The van der Waals surface area contributed by atoms with Gasteiger partial charge in [0.15, 0.2) is 11.5 Å². The Morgan fingerprint density at radius 1 is 1.21 bits per heavy atom. The lowest BCUT2D eigenvalue weighted by Gasteiger charge is -2.32. The number of piperidine rings is 1. The Morgan fingerprint density at radius 3 is 2.90 bits per heavy atom. The maximum atomic E-state index is 12.8. The molecule has 1 unspecified atom stereocenters. The lowest BCUT2D eigenvalue weighted by Crippen LogP contribution is -2.44. The smallest absolute Gasteiger partial charge is 0.276 e. The number of hydrogen-bond donors (Lipinski definition) is 1. The molecular weight excluding hydrogens is 374 g/mol. The molecule has 4 rings (SSSR count). The molecule has 0 spiro atoms. The fraction of sp³-hybridized carbons (Fsp3) is 0.250. The molecule has 1 aliphatic rings. The van der Waals surface area contributed by atoms with Crippen molar-refractivity contribution >= 4 is 11.8 Å². The Labute approximate surface area is 166 Å². The number of pyridine rings is 2. The molecule has 4 heterocycles. The number of carbonyl (C=O) groups excluding carboxylic acids is 2. The van der Waals surface area contributed by atoms with Gasteiger partial charge in [-0.1, -0.05) is 5.16 Å². The maximum Gasteiger partial charge on any atom is 0.276 e. The zero-order chi connectivity index (χ0) is 20.2. The van der Waals surface area contributed by atoms with Crippen LogP contribution in [0.2, 0.25) is 0 Å². The third-order valence-electron chi connectivity index (χ3n) is 4.63. The Morgan fingerprint density at radius 2 is 2.10 bits per heavy atom. The van der Waals surface area contributed by atoms with E-state index in [0.29, 0.717) is 24.6 Å². The van der Waals surface area contributed by atoms with Gasteiger partial charge in [0.25, 0.3) is 11.8 Å². The highest BCUT2D eigenvalue weighted by Crippen LogP contribution is 2.22. The van der Waals surface area contributed by atoms with Gasteiger partial charge in [-0.15, -0.1) is 0 Å². The minimum Gasteiger partial charge on any atom is -0.488 e. The molecule has 0 aliphatic carbocycles. The van der Waals surface area contributed by atoms with Gasteiger partial charge in [-0.05, 0) is 31.0 Å². The zero-order valence-electron chi connectivity index (χ0n) is 15.5. The molecule has 1 fully saturated rings. The first kappa shape index (κ1) is 18.6. The van der Waals surface area contributed by atoms with Crippen LogP contribution in [0.1, 0.15) is 33.8 Å². The third-order valence-corrected chi connectivity index (χ3v) is 4.63. The highest BCUT2D eigenvalue weighted by molar-refractivity contribution is 5.93. The highest BCUT2D eigenvalue weighted by Gasteiger charge is 2.28. The Hall–Kier alpha value is -3.75. The molecule has 3 aromatic heterocycles. The predicted molar refractivity (Wildman–Crippen MR) is 102 cm³/mol. The van der Waals surface area contributed by atoms with Crippen molar-refractivity contribution in [2.45, 2.75) is 18.9 Å². The molecular formula is C20H19N5O4. The van der Waals surface area contributed by atoms with Crippen molar-refractivity contribution < 1.29 is 18.8 Å². The summed E-state index contributed by atoms with van der Waals surface area (Å²) >= 11 is 0. The van der Waals surface area contributed by atoms with Crippen molar-refractivity contribution in [2.24, 2.45) is 5.73 Å². The van der Waals surface area contributed by atoms with E-state index in [1.807, 2.05) is 6.07 Å². The number of ether oxygens (including phenoxy) is 1. The van der Waals surface area contributed by atoms with Gasteiger partial charge in [0.05, 0.1) is 6.54 Å². The van der Waals surface area contributed by atoms with Crippen LogP contribution in [-0.4, -0.2) is 51.0 Å². The van der Waals surface area contributed by atoms with Crippen LogP contribution in [0.4, 0.5) is 0 Å². The largest absolute Gasteiger partial charge is 0.488 e. The lowest BCUT2D eigenvalue weighted by atomic mass is 10.1. The molecule has 1 aliphatic heterocycles. The second kappa shape index (κ2) is 8.09. The molecule has 0 radical (unpaired) electrons. The Balaban J connectivity index is 1.43. The van der Waals surface area contributed by atoms with Crippen molar-refractivity contribution in [2.75, 3.05) is 13.1 Å². The van der Waals surface area contributed by atoms with Crippen molar-refractivity contribution in [3.05, 3.63) is 60.3 Å². The van der Waals surface area contributed by atoms with Crippen LogP contribution < -0.4 is 10.5 Å². The number of rotatable bonds is 5. The molecule has 9 nitrogen and oxygen atoms in total. The van der Waals surface area contributed by atoms with Crippen molar-refractivity contribution in [1.29, 1.82) is 0 Å². The predicted octanol–water partition coefficient (Wildman–Crippen LogP) is 1.91. The van der Waals surface area contributed by atoms with Crippen molar-refractivity contribution in [1.82, 2.24) is 20.0 Å². The van der Waals surface area contributed by atoms with E-state index in [4.69, 9.17) is 15.0 Å². The number of nitrogens with zero attached hydrogens (tertiary/aromatic N) is 4. The van der Waals surface area contributed by atoms with Crippen molar-refractivity contribution in [3.8, 4) is 17.1 Å². The Kier molecular flexibility index (Phi) is 5.19. The fourth-order valence-electron chi connectivity index (χ4n) is 3.21. The monoisotopic (exact) mass is 393 g/mol. The second-order valence-corrected chi connectivity index (χ2v) is 6.69. The van der Waals surface area contributed by atoms with E-state index in [1.165, 1.54) is 12.3 Å². The van der Waals surface area contributed by atoms with Crippen LogP contribution >= 0.6 is 0 Å². The van der Waals surface area contributed by atoms with E-state index < -0.39 is 5.91 Å². The first-order valence-electron chi connectivity index (χ1n) is 9.19. The third kappa shape index (κ3) is 4.23. The van der Waals surface area contributed by atoms with E-state index in [0.717, 1.165) is 18.4 Å². The van der Waals surface area contributed by atoms with E-state index in [2.05, 4.69) is 15.1 Å². The summed E-state index contributed by atoms with van der Waals surface area (Å²) in [7, 11) is 0. The van der Waals surface area contributed by atoms with Gasteiger partial charge in [-0.2, -0.15) is 0 Å². The number of carbonyl (C=O) groups is 2. The second-order valence-electron chi connectivity index (χ2n) is 6.69. The number of likely N-dealkylation sites (tertiary alicyclic amines) is 1. The molecule has 0 bridgehead atoms. The molecule has 2 amide bonds. The molecule has 2 N–H and O–H groups in total. The van der Waals surface area contributed by atoms with E-state index in [1.54, 1.807) is 35.5 Å². The van der Waals surface area contributed by atoms with E-state index >= 15 is 0 Å². The van der Waals surface area contributed by atoms with Crippen LogP contribution in [0.5, 0.6) is 5.75 Å². The summed E-state index contributed by atoms with van der Waals surface area (Å²) in [5.74, 6) is 0.145. The van der Waals surface area contributed by atoms with Crippen LogP contribution in [0.25, 0.3) is 11.3 Å². The van der Waals surface area contributed by atoms with E-state index in [-0.39, 0.29) is 23.4 Å². The topological polar surface area (TPSA) is 124 Å². The molecule has 1 saturated heterocycles. The molecule has 0 aromatic carbocycles. The number of primary amides is 1. The summed E-state index contributed by atoms with van der Waals surface area (Å²) in [6, 6.07) is 8.40. The molecule has 9 heteroatoms. The average molecular weight is 393 g/mol. The molecule has 3 aromatic rings. The van der Waals surface area contributed by atoms with Crippen LogP contribution in [0.15, 0.2) is 53.4 Å². The summed E-state index contributed by atoms with van der Waals surface area (Å²) in [5, 5.41) is 3.91. The number of nitrogens with two attached hydrogens (primary N) is 1. The summed E-state index contributed by atoms with van der Waals surface area (Å²) in [6.45, 7) is 1.01. The average Bonchev–Trinajstić information content (AvgIpc) is 3.24. The van der Waals surface area contributed by atoms with Gasteiger partial charge in [-0.3, -0.25) is 19.6 Å². The van der Waals surface area contributed by atoms with Gasteiger partial charge in [0, 0.05) is 42.8 Å². The number of hydrogen-bond acceptors (Lipinski definition) is 7. The quantitative estimate of drug-likeness (QED) is 0.702. The van der Waals surface area contributed by atoms with Crippen LogP contribution in [-0.2, 0) is 0 Å². The van der Waals surface area contributed by atoms with Gasteiger partial charge in [-0.25, -0.2) is 0 Å². The summed E-state index contributed by atoms with van der Waals surface area (Å²) < 4.78 is 11.2. The van der Waals surface area contributed by atoms with Gasteiger partial charge in [0.2, 0.25) is 0 Å². The number of aromatic nitrogens is 3. The van der Waals surface area contributed by atoms with Gasteiger partial charge >= 0.3 is 0 Å². The van der Waals surface area contributed by atoms with Crippen LogP contribution in [0.3, 0.4) is 0 Å². The normalized spacial score (nSPS) is 16.4. The summed E-state index contributed by atoms with van der Waals surface area (Å²) in [5.41, 5.74) is 6.38. The molecule has 29 heavy (non-hydrogen) atoms. The van der Waals surface area contributed by atoms with E-state index in [9.17, 15) is 9.59 Å². The zero-order valence-corrected chi connectivity index (χ0v) is 15.5. The SMILES string of the molecule is NC(=O)c1cc(OC2CCCN(C(=O)c3cc(-c4cccnc4)on3)C2)ccn1. The first-order chi connectivity index (χ1) is 14.1. The minimum atomic E-state index is -0.619. The summed E-state index contributed by atoms with van der Waals surface area (Å²) in [6.07, 6.45) is 6.15. The standard InChI is InChI=1S/C20H19N5O4/c21-19(26)16-9-14(5-7-23-16)28-15-4-2-8-25(12-15)20(27)17-10-18(29-24-17)13-3-1-6-22-11-13/h1,3,5-7,9-11,15H,2,4,8,12H2,(H2,21,26). The van der Waals surface area contributed by atoms with Gasteiger partial charge < -0.3 is 19.9 Å². The summed E-state index contributed by atoms with van der Waals surface area (Å²) in [4.78, 5) is 33.8. The van der Waals surface area contributed by atoms with Crippen LogP contribution in [0, 0.1) is 0 Å². The molecule has 1 atom stereocenters. The maximum absolute atomic E-state index is 12.8. The fourth-order valence-corrected chi connectivity index (χ4v) is 3.21. The van der Waals surface area contributed by atoms with Gasteiger partial charge in [0.1, 0.15) is 17.5 Å². The first-order valence-corrected chi connectivity index (χ1v) is 9.19. The minimum absolute atomic E-state index is 0.136. The Bertz CT molecular complexity index is 1020. The number of amides is 2. The molecule has 0 saturated carbocycles. The highest BCUT2D eigenvalue weighted by atomic mass is 16.5. The lowest BCUT2D eigenvalue weighted by molar-refractivity contribution is 0.0528. The van der Waals surface area contributed by atoms with Crippen molar-refractivity contribution in [3.63, 3.8) is 0 Å². The molecule has 148 valence electrons.